The quantitative estimate of drug-likeness (QED) is 0.739. The van der Waals surface area contributed by atoms with Crippen LogP contribution < -0.4 is 10.1 Å². The fourth-order valence-electron chi connectivity index (χ4n) is 2.87. The van der Waals surface area contributed by atoms with Crippen LogP contribution in [0.4, 0.5) is 0 Å². The van der Waals surface area contributed by atoms with Gasteiger partial charge < -0.3 is 10.1 Å². The number of rotatable bonds is 1. The third kappa shape index (κ3) is 2.26. The topological polar surface area (TPSA) is 34.2 Å². The molecule has 2 heterocycles. The Morgan fingerprint density at radius 1 is 1.00 bits per heavy atom. The maximum Gasteiger partial charge on any atom is 0.137 e. The van der Waals surface area contributed by atoms with Gasteiger partial charge in [-0.3, -0.25) is 4.98 Å². The van der Waals surface area contributed by atoms with E-state index in [-0.39, 0.29) is 6.10 Å². The van der Waals surface area contributed by atoms with Crippen molar-refractivity contribution in [3.05, 3.63) is 71.9 Å². The third-order valence-electron chi connectivity index (χ3n) is 3.92. The number of pyridine rings is 1. The van der Waals surface area contributed by atoms with Gasteiger partial charge in [0.2, 0.25) is 0 Å². The van der Waals surface area contributed by atoms with Crippen LogP contribution in [0.3, 0.4) is 0 Å². The lowest BCUT2D eigenvalue weighted by atomic mass is 10.0. The van der Waals surface area contributed by atoms with E-state index >= 15 is 0 Å². The molecule has 3 heteroatoms. The normalized spacial score (nSPS) is 17.8. The average Bonchev–Trinajstić information content (AvgIpc) is 2.76. The first-order chi connectivity index (χ1) is 10.4. The molecular weight excluding hydrogens is 260 g/mol. The van der Waals surface area contributed by atoms with Crippen LogP contribution in [-0.4, -0.2) is 11.5 Å². The van der Waals surface area contributed by atoms with Crippen LogP contribution >= 0.6 is 0 Å². The molecular formula is C18H16N2O. The molecule has 0 spiro atoms. The highest BCUT2D eigenvalue weighted by Crippen LogP contribution is 2.30. The van der Waals surface area contributed by atoms with Gasteiger partial charge in [0.15, 0.2) is 0 Å². The predicted octanol–water partition coefficient (Wildman–Crippen LogP) is 3.46. The van der Waals surface area contributed by atoms with E-state index in [0.29, 0.717) is 0 Å². The summed E-state index contributed by atoms with van der Waals surface area (Å²) < 4.78 is 6.26. The summed E-state index contributed by atoms with van der Waals surface area (Å²) in [6.07, 6.45) is 1.86. The van der Waals surface area contributed by atoms with Gasteiger partial charge in [0.05, 0.1) is 5.52 Å². The van der Waals surface area contributed by atoms with E-state index in [1.165, 1.54) is 11.1 Å². The number of aromatic nitrogens is 1. The van der Waals surface area contributed by atoms with Crippen molar-refractivity contribution in [2.75, 3.05) is 6.54 Å². The molecule has 3 aromatic rings. The molecule has 2 aromatic carbocycles. The largest absolute Gasteiger partial charge is 0.484 e. The minimum Gasteiger partial charge on any atom is -0.484 e. The minimum atomic E-state index is 0.00144. The van der Waals surface area contributed by atoms with Crippen molar-refractivity contribution >= 4 is 10.9 Å². The summed E-state index contributed by atoms with van der Waals surface area (Å²) >= 11 is 0. The van der Waals surface area contributed by atoms with Crippen molar-refractivity contribution in [2.24, 2.45) is 0 Å². The summed E-state index contributed by atoms with van der Waals surface area (Å²) in [6.45, 7) is 1.64. The maximum absolute atomic E-state index is 6.26. The van der Waals surface area contributed by atoms with E-state index in [1.54, 1.807) is 0 Å². The lowest BCUT2D eigenvalue weighted by molar-refractivity contribution is 0.212. The van der Waals surface area contributed by atoms with E-state index in [1.807, 2.05) is 42.6 Å². The molecule has 0 aliphatic carbocycles. The molecule has 0 saturated carbocycles. The van der Waals surface area contributed by atoms with Gasteiger partial charge >= 0.3 is 0 Å². The zero-order chi connectivity index (χ0) is 14.1. The van der Waals surface area contributed by atoms with Gasteiger partial charge in [0.25, 0.3) is 0 Å². The summed E-state index contributed by atoms with van der Waals surface area (Å²) in [7, 11) is 0. The van der Waals surface area contributed by atoms with Gasteiger partial charge in [0, 0.05) is 35.8 Å². The van der Waals surface area contributed by atoms with Crippen molar-refractivity contribution in [1.29, 1.82) is 0 Å². The van der Waals surface area contributed by atoms with Gasteiger partial charge in [-0.1, -0.05) is 36.4 Å². The summed E-state index contributed by atoms with van der Waals surface area (Å²) in [6, 6.07) is 18.5. The Kier molecular flexibility index (Phi) is 3.05. The molecule has 1 aliphatic heterocycles. The number of nitrogens with one attached hydrogen (secondary N) is 1. The second kappa shape index (κ2) is 5.19. The fourth-order valence-corrected chi connectivity index (χ4v) is 2.87. The molecule has 1 atom stereocenters. The molecule has 104 valence electrons. The lowest BCUT2D eigenvalue weighted by Gasteiger charge is -2.19. The van der Waals surface area contributed by atoms with E-state index in [0.717, 1.165) is 29.7 Å². The zero-order valence-corrected chi connectivity index (χ0v) is 11.6. The van der Waals surface area contributed by atoms with Crippen LogP contribution in [0.5, 0.6) is 5.75 Å². The Morgan fingerprint density at radius 3 is 2.86 bits per heavy atom. The monoisotopic (exact) mass is 276 g/mol. The molecule has 4 rings (SSSR count). The lowest BCUT2D eigenvalue weighted by Crippen LogP contribution is -2.21. The minimum absolute atomic E-state index is 0.00144. The van der Waals surface area contributed by atoms with Crippen LogP contribution in [-0.2, 0) is 6.54 Å². The first-order valence-electron chi connectivity index (χ1n) is 7.21. The molecule has 3 nitrogen and oxygen atoms in total. The van der Waals surface area contributed by atoms with E-state index in [9.17, 15) is 0 Å². The summed E-state index contributed by atoms with van der Waals surface area (Å²) in [4.78, 5) is 4.43. The second-order valence-electron chi connectivity index (χ2n) is 5.26. The van der Waals surface area contributed by atoms with Gasteiger partial charge in [-0.05, 0) is 18.2 Å². The molecule has 0 saturated heterocycles. The molecule has 0 radical (unpaired) electrons. The van der Waals surface area contributed by atoms with Crippen molar-refractivity contribution in [3.8, 4) is 5.75 Å². The summed E-state index contributed by atoms with van der Waals surface area (Å²) in [5, 5.41) is 4.63. The Bertz CT molecular complexity index is 780. The fraction of sp³-hybridized carbons (Fsp3) is 0.167. The standard InChI is InChI=1S/C18H16N2O/c1-4-8-17-13(5-1)11-19-12-18(21-17)15-9-10-20-16-7-3-2-6-14(15)16/h1-10,18-19H,11-12H2. The number of hydrogen-bond donors (Lipinski definition) is 1. The first-order valence-corrected chi connectivity index (χ1v) is 7.21. The van der Waals surface area contributed by atoms with Crippen LogP contribution in [0.15, 0.2) is 60.8 Å². The molecule has 1 aliphatic rings. The third-order valence-corrected chi connectivity index (χ3v) is 3.92. The number of benzene rings is 2. The molecule has 21 heavy (non-hydrogen) atoms. The highest BCUT2D eigenvalue weighted by molar-refractivity contribution is 5.82. The van der Waals surface area contributed by atoms with Crippen LogP contribution in [0.2, 0.25) is 0 Å². The molecule has 1 N–H and O–H groups in total. The number of fused-ring (bicyclic) bond motifs is 2. The highest BCUT2D eigenvalue weighted by atomic mass is 16.5. The molecule has 0 bridgehead atoms. The van der Waals surface area contributed by atoms with Crippen molar-refractivity contribution < 1.29 is 4.74 Å². The van der Waals surface area contributed by atoms with Gasteiger partial charge in [-0.15, -0.1) is 0 Å². The molecule has 0 amide bonds. The Morgan fingerprint density at radius 2 is 1.86 bits per heavy atom. The van der Waals surface area contributed by atoms with Crippen LogP contribution in [0, 0.1) is 0 Å². The predicted molar refractivity (Wildman–Crippen MR) is 83.3 cm³/mol. The smallest absolute Gasteiger partial charge is 0.137 e. The SMILES string of the molecule is c1ccc2c(c1)CNCC(c1ccnc3ccccc13)O2. The maximum atomic E-state index is 6.26. The van der Waals surface area contributed by atoms with Crippen LogP contribution in [0.1, 0.15) is 17.2 Å². The first kappa shape index (κ1) is 12.4. The Balaban J connectivity index is 1.79. The molecule has 1 unspecified atom stereocenters. The van der Waals surface area contributed by atoms with Crippen molar-refractivity contribution in [1.82, 2.24) is 10.3 Å². The number of ether oxygens (including phenoxy) is 1. The van der Waals surface area contributed by atoms with E-state index < -0.39 is 0 Å². The van der Waals surface area contributed by atoms with Gasteiger partial charge in [-0.2, -0.15) is 0 Å². The average molecular weight is 276 g/mol. The van der Waals surface area contributed by atoms with Crippen molar-refractivity contribution in [3.63, 3.8) is 0 Å². The number of para-hydroxylation sites is 2. The Hall–Kier alpha value is -2.39. The van der Waals surface area contributed by atoms with E-state index in [2.05, 4.69) is 28.5 Å². The summed E-state index contributed by atoms with van der Waals surface area (Å²) in [5.41, 5.74) is 3.40. The van der Waals surface area contributed by atoms with E-state index in [4.69, 9.17) is 4.74 Å². The highest BCUT2D eigenvalue weighted by Gasteiger charge is 2.20. The Labute approximate surface area is 123 Å². The molecule has 1 aromatic heterocycles. The van der Waals surface area contributed by atoms with Crippen LogP contribution in [0.25, 0.3) is 10.9 Å². The second-order valence-corrected chi connectivity index (χ2v) is 5.26. The zero-order valence-electron chi connectivity index (χ0n) is 11.6. The van der Waals surface area contributed by atoms with Gasteiger partial charge in [0.1, 0.15) is 11.9 Å². The van der Waals surface area contributed by atoms with Crippen molar-refractivity contribution in [2.45, 2.75) is 12.6 Å². The summed E-state index contributed by atoms with van der Waals surface area (Å²) in [5.74, 6) is 0.966. The van der Waals surface area contributed by atoms with Gasteiger partial charge in [-0.25, -0.2) is 0 Å². The molecule has 0 fully saturated rings. The number of nitrogens with zero attached hydrogens (tertiary/aromatic N) is 1. The number of hydrogen-bond acceptors (Lipinski definition) is 3.